The standard InChI is InChI=1S/C10H19NS.C10H12O/c1-4-6-10(12-3)7-9-11-8-5-2;11-10-7-3-5-8-4-1-2-6-9(8)10/h4,6,11H,1,5,7-9H2,2-3H3;3,5,7,11H,1-2,4,6H2/b10-6-;. The van der Waals surface area contributed by atoms with Crippen LogP contribution in [0.5, 0.6) is 5.75 Å². The molecule has 0 spiro atoms. The van der Waals surface area contributed by atoms with Gasteiger partial charge in [-0.2, -0.15) is 0 Å². The monoisotopic (exact) mass is 333 g/mol. The summed E-state index contributed by atoms with van der Waals surface area (Å²) in [6.07, 6.45) is 13.1. The van der Waals surface area contributed by atoms with Gasteiger partial charge in [-0.3, -0.25) is 0 Å². The number of hydrogen-bond acceptors (Lipinski definition) is 3. The lowest BCUT2D eigenvalue weighted by Crippen LogP contribution is -2.15. The molecule has 0 radical (unpaired) electrons. The minimum atomic E-state index is 0.488. The van der Waals surface area contributed by atoms with Gasteiger partial charge in [0.05, 0.1) is 0 Å². The van der Waals surface area contributed by atoms with Gasteiger partial charge in [-0.25, -0.2) is 0 Å². The minimum Gasteiger partial charge on any atom is -0.508 e. The van der Waals surface area contributed by atoms with Gasteiger partial charge in [-0.15, -0.1) is 11.8 Å². The molecular formula is C20H31NOS. The topological polar surface area (TPSA) is 32.3 Å². The summed E-state index contributed by atoms with van der Waals surface area (Å²) in [6, 6.07) is 5.83. The number of nitrogens with one attached hydrogen (secondary N) is 1. The molecule has 2 N–H and O–H groups in total. The first-order valence-corrected chi connectivity index (χ1v) is 9.81. The molecule has 0 fully saturated rings. The molecule has 0 unspecified atom stereocenters. The molecule has 0 atom stereocenters. The number of thioether (sulfide) groups is 1. The molecular weight excluding hydrogens is 302 g/mol. The number of phenolic OH excluding ortho intramolecular Hbond substituents is 1. The smallest absolute Gasteiger partial charge is 0.119 e. The quantitative estimate of drug-likeness (QED) is 0.539. The molecule has 0 saturated heterocycles. The second-order valence-corrected chi connectivity index (χ2v) is 6.63. The first-order chi connectivity index (χ1) is 11.2. The van der Waals surface area contributed by atoms with Crippen LogP contribution in [0, 0.1) is 0 Å². The molecule has 0 saturated carbocycles. The first kappa shape index (κ1) is 19.9. The lowest BCUT2D eigenvalue weighted by molar-refractivity contribution is 0.462. The van der Waals surface area contributed by atoms with E-state index in [9.17, 15) is 5.11 Å². The molecule has 1 aromatic carbocycles. The number of benzene rings is 1. The van der Waals surface area contributed by atoms with Crippen molar-refractivity contribution < 1.29 is 5.11 Å². The van der Waals surface area contributed by atoms with Gasteiger partial charge >= 0.3 is 0 Å². The predicted octanol–water partition coefficient (Wildman–Crippen LogP) is 5.08. The zero-order chi connectivity index (χ0) is 16.9. The van der Waals surface area contributed by atoms with Gasteiger partial charge in [0.2, 0.25) is 0 Å². The van der Waals surface area contributed by atoms with Crippen LogP contribution in [0.15, 0.2) is 41.8 Å². The Morgan fingerprint density at radius 3 is 2.74 bits per heavy atom. The highest BCUT2D eigenvalue weighted by atomic mass is 32.2. The highest BCUT2D eigenvalue weighted by molar-refractivity contribution is 8.02. The summed E-state index contributed by atoms with van der Waals surface area (Å²) in [5.41, 5.74) is 2.52. The fourth-order valence-corrected chi connectivity index (χ4v) is 3.20. The Hall–Kier alpha value is -1.19. The Balaban J connectivity index is 0.000000230. The van der Waals surface area contributed by atoms with E-state index in [0.29, 0.717) is 5.75 Å². The van der Waals surface area contributed by atoms with Crippen LogP contribution < -0.4 is 5.32 Å². The Bertz CT molecular complexity index is 496. The highest BCUT2D eigenvalue weighted by Gasteiger charge is 2.11. The molecule has 128 valence electrons. The maximum atomic E-state index is 9.46. The van der Waals surface area contributed by atoms with Crippen LogP contribution in [0.1, 0.15) is 43.7 Å². The van der Waals surface area contributed by atoms with Crippen molar-refractivity contribution in [3.05, 3.63) is 53.0 Å². The zero-order valence-electron chi connectivity index (χ0n) is 14.6. The third kappa shape index (κ3) is 7.76. The zero-order valence-corrected chi connectivity index (χ0v) is 15.4. The van der Waals surface area contributed by atoms with Gasteiger partial charge in [-0.1, -0.05) is 37.8 Å². The number of aryl methyl sites for hydroxylation is 1. The van der Waals surface area contributed by atoms with E-state index in [4.69, 9.17) is 0 Å². The van der Waals surface area contributed by atoms with Gasteiger partial charge in [-0.05, 0) is 80.0 Å². The molecule has 0 aromatic heterocycles. The van der Waals surface area contributed by atoms with E-state index >= 15 is 0 Å². The van der Waals surface area contributed by atoms with Crippen LogP contribution in [0.4, 0.5) is 0 Å². The van der Waals surface area contributed by atoms with Crippen molar-refractivity contribution in [2.45, 2.75) is 45.4 Å². The molecule has 0 heterocycles. The van der Waals surface area contributed by atoms with E-state index < -0.39 is 0 Å². The first-order valence-electron chi connectivity index (χ1n) is 8.59. The number of rotatable bonds is 7. The van der Waals surface area contributed by atoms with E-state index in [-0.39, 0.29) is 0 Å². The molecule has 2 nitrogen and oxygen atoms in total. The summed E-state index contributed by atoms with van der Waals surface area (Å²) in [5.74, 6) is 0.488. The Labute approximate surface area is 146 Å². The fourth-order valence-electron chi connectivity index (χ4n) is 2.66. The van der Waals surface area contributed by atoms with Crippen molar-refractivity contribution in [2.75, 3.05) is 19.3 Å². The molecule has 0 bridgehead atoms. The van der Waals surface area contributed by atoms with Crippen molar-refractivity contribution in [3.8, 4) is 5.75 Å². The number of aromatic hydroxyl groups is 1. The average molecular weight is 334 g/mol. The van der Waals surface area contributed by atoms with Crippen molar-refractivity contribution >= 4 is 11.8 Å². The maximum absolute atomic E-state index is 9.46. The van der Waals surface area contributed by atoms with Crippen LogP contribution in [0.25, 0.3) is 0 Å². The lowest BCUT2D eigenvalue weighted by atomic mass is 9.91. The molecule has 0 aliphatic heterocycles. The Kier molecular flexibility index (Phi) is 10.6. The van der Waals surface area contributed by atoms with Crippen LogP contribution in [-0.2, 0) is 12.8 Å². The summed E-state index contributed by atoms with van der Waals surface area (Å²) in [7, 11) is 0. The lowest BCUT2D eigenvalue weighted by Gasteiger charge is -2.15. The van der Waals surface area contributed by atoms with E-state index in [2.05, 4.69) is 37.2 Å². The minimum absolute atomic E-state index is 0.488. The predicted molar refractivity (Wildman–Crippen MR) is 104 cm³/mol. The van der Waals surface area contributed by atoms with Crippen LogP contribution in [0.2, 0.25) is 0 Å². The van der Waals surface area contributed by atoms with E-state index in [1.54, 1.807) is 17.8 Å². The normalized spacial score (nSPS) is 13.7. The van der Waals surface area contributed by atoms with E-state index in [1.165, 1.54) is 35.3 Å². The van der Waals surface area contributed by atoms with Gasteiger partial charge in [0, 0.05) is 0 Å². The Morgan fingerprint density at radius 1 is 1.30 bits per heavy atom. The summed E-state index contributed by atoms with van der Waals surface area (Å²) < 4.78 is 0. The number of hydrogen-bond donors (Lipinski definition) is 2. The second-order valence-electron chi connectivity index (χ2n) is 5.69. The number of phenols is 1. The van der Waals surface area contributed by atoms with Gasteiger partial charge in [0.1, 0.15) is 5.75 Å². The number of allylic oxidation sites excluding steroid dienone is 2. The van der Waals surface area contributed by atoms with Gasteiger partial charge < -0.3 is 10.4 Å². The third-order valence-electron chi connectivity index (χ3n) is 3.91. The molecule has 0 amide bonds. The average Bonchev–Trinajstić information content (AvgIpc) is 2.59. The number of fused-ring (bicyclic) bond motifs is 1. The highest BCUT2D eigenvalue weighted by Crippen LogP contribution is 2.28. The molecule has 23 heavy (non-hydrogen) atoms. The third-order valence-corrected chi connectivity index (χ3v) is 4.78. The van der Waals surface area contributed by atoms with Gasteiger partial charge in [0.15, 0.2) is 0 Å². The molecule has 2 rings (SSSR count). The summed E-state index contributed by atoms with van der Waals surface area (Å²) in [5, 5.41) is 12.8. The second kappa shape index (κ2) is 12.3. The van der Waals surface area contributed by atoms with Crippen molar-refractivity contribution in [1.82, 2.24) is 5.32 Å². The van der Waals surface area contributed by atoms with E-state index in [0.717, 1.165) is 32.4 Å². The van der Waals surface area contributed by atoms with Crippen molar-refractivity contribution in [3.63, 3.8) is 0 Å². The summed E-state index contributed by atoms with van der Waals surface area (Å²) in [4.78, 5) is 1.40. The SMILES string of the molecule is C=C/C=C(/CCNCCC)SC.Oc1cccc2c1CCCC2. The van der Waals surface area contributed by atoms with Crippen molar-refractivity contribution in [2.24, 2.45) is 0 Å². The van der Waals surface area contributed by atoms with Gasteiger partial charge in [0.25, 0.3) is 0 Å². The van der Waals surface area contributed by atoms with Crippen LogP contribution in [0.3, 0.4) is 0 Å². The molecule has 3 heteroatoms. The maximum Gasteiger partial charge on any atom is 0.119 e. The largest absolute Gasteiger partial charge is 0.508 e. The molecule has 1 aliphatic rings. The van der Waals surface area contributed by atoms with Crippen LogP contribution in [-0.4, -0.2) is 24.5 Å². The van der Waals surface area contributed by atoms with E-state index in [1.807, 2.05) is 12.1 Å². The van der Waals surface area contributed by atoms with Crippen LogP contribution >= 0.6 is 11.8 Å². The molecule has 1 aromatic rings. The fraction of sp³-hybridized carbons (Fsp3) is 0.500. The molecule has 1 aliphatic carbocycles. The summed E-state index contributed by atoms with van der Waals surface area (Å²) in [6.45, 7) is 8.06. The Morgan fingerprint density at radius 2 is 2.09 bits per heavy atom. The van der Waals surface area contributed by atoms with Crippen molar-refractivity contribution in [1.29, 1.82) is 0 Å². The summed E-state index contributed by atoms with van der Waals surface area (Å²) >= 11 is 1.80.